The zero-order valence-corrected chi connectivity index (χ0v) is 22.2. The maximum atomic E-state index is 13.2. The average molecular weight is 629 g/mol. The van der Waals surface area contributed by atoms with Crippen molar-refractivity contribution in [3.63, 3.8) is 0 Å². The van der Waals surface area contributed by atoms with E-state index in [0.717, 1.165) is 6.07 Å². The third-order valence-electron chi connectivity index (χ3n) is 5.61. The fraction of sp³-hybridized carbons (Fsp3) is 0.250. The van der Waals surface area contributed by atoms with Crippen LogP contribution in [0, 0.1) is 6.92 Å². The van der Waals surface area contributed by atoms with E-state index in [-0.39, 0.29) is 48.6 Å². The van der Waals surface area contributed by atoms with Crippen molar-refractivity contribution in [1.29, 1.82) is 0 Å². The van der Waals surface area contributed by atoms with Crippen LogP contribution >= 0.6 is 34.5 Å². The van der Waals surface area contributed by atoms with Gasteiger partial charge in [-0.05, 0) is 53.9 Å². The van der Waals surface area contributed by atoms with Crippen molar-refractivity contribution >= 4 is 44.8 Å². The molecule has 40 heavy (non-hydrogen) atoms. The normalized spacial score (nSPS) is 13.1. The summed E-state index contributed by atoms with van der Waals surface area (Å²) in [6.07, 6.45) is -13.1. The number of nitrogens with zero attached hydrogens (tertiary/aromatic N) is 1. The Kier molecular flexibility index (Phi) is 8.18. The van der Waals surface area contributed by atoms with E-state index in [9.17, 15) is 41.0 Å². The quantitative estimate of drug-likeness (QED) is 0.230. The number of benzene rings is 2. The van der Waals surface area contributed by atoms with Gasteiger partial charge >= 0.3 is 18.2 Å². The molecule has 0 aliphatic rings. The molecule has 2 aromatic heterocycles. The van der Waals surface area contributed by atoms with Crippen molar-refractivity contribution in [3.05, 3.63) is 78.4 Å². The molecule has 4 aromatic rings. The predicted octanol–water partition coefficient (Wildman–Crippen LogP) is 6.43. The molecule has 2 N–H and O–H groups in total. The number of aromatic nitrogens is 2. The van der Waals surface area contributed by atoms with Gasteiger partial charge in [0.2, 0.25) is 0 Å². The van der Waals surface area contributed by atoms with Gasteiger partial charge in [0.1, 0.15) is 11.4 Å². The molecule has 0 bridgehead atoms. The van der Waals surface area contributed by atoms with Crippen molar-refractivity contribution in [2.75, 3.05) is 0 Å². The number of aliphatic hydroxyl groups excluding tert-OH is 1. The topological polar surface area (TPSA) is 93.5 Å². The van der Waals surface area contributed by atoms with Gasteiger partial charge < -0.3 is 14.6 Å². The van der Waals surface area contributed by atoms with Crippen LogP contribution in [0.2, 0.25) is 10.0 Å². The summed E-state index contributed by atoms with van der Waals surface area (Å²) in [5.74, 6) is -1.03. The fourth-order valence-corrected chi connectivity index (χ4v) is 5.39. The lowest BCUT2D eigenvalue weighted by molar-refractivity contribution is -0.275. The highest BCUT2D eigenvalue weighted by atomic mass is 35.5. The van der Waals surface area contributed by atoms with Crippen molar-refractivity contribution in [1.82, 2.24) is 9.55 Å². The highest BCUT2D eigenvalue weighted by Crippen LogP contribution is 2.42. The summed E-state index contributed by atoms with van der Waals surface area (Å²) >= 11 is 12.5. The molecule has 0 fully saturated rings. The van der Waals surface area contributed by atoms with Crippen LogP contribution in [0.3, 0.4) is 0 Å². The van der Waals surface area contributed by atoms with Crippen LogP contribution in [0.5, 0.6) is 11.5 Å². The Morgan fingerprint density at radius 2 is 1.73 bits per heavy atom. The van der Waals surface area contributed by atoms with Crippen molar-refractivity contribution in [2.45, 2.75) is 38.7 Å². The molecule has 16 heteroatoms. The monoisotopic (exact) mass is 628 g/mol. The molecule has 7 nitrogen and oxygen atoms in total. The lowest BCUT2D eigenvalue weighted by Crippen LogP contribution is -2.38. The van der Waals surface area contributed by atoms with Crippen molar-refractivity contribution in [2.24, 2.45) is 0 Å². The lowest BCUT2D eigenvalue weighted by atomic mass is 10.1. The first-order valence-corrected chi connectivity index (χ1v) is 12.6. The summed E-state index contributed by atoms with van der Waals surface area (Å²) < 4.78 is 88.8. The Morgan fingerprint density at radius 1 is 1.02 bits per heavy atom. The second-order valence-electron chi connectivity index (χ2n) is 8.41. The van der Waals surface area contributed by atoms with E-state index in [2.05, 4.69) is 4.74 Å². The lowest BCUT2D eigenvalue weighted by Gasteiger charge is -2.16. The summed E-state index contributed by atoms with van der Waals surface area (Å²) in [4.78, 5) is 26.7. The number of aromatic amines is 1. The van der Waals surface area contributed by atoms with Gasteiger partial charge in [-0.15, -0.1) is 24.5 Å². The Hall–Kier alpha value is -3.20. The molecule has 0 unspecified atom stereocenters. The second kappa shape index (κ2) is 11.0. The maximum Gasteiger partial charge on any atom is 0.573 e. The molecule has 214 valence electrons. The minimum atomic E-state index is -5.11. The number of aryl methyl sites for hydroxylation is 1. The molecule has 0 saturated carbocycles. The number of fused-ring (bicyclic) bond motifs is 1. The maximum absolute atomic E-state index is 13.2. The van der Waals surface area contributed by atoms with E-state index < -0.39 is 42.2 Å². The number of hydrogen-bond acceptors (Lipinski definition) is 6. The Bertz CT molecular complexity index is 1700. The van der Waals surface area contributed by atoms with Crippen LogP contribution in [0.4, 0.5) is 26.3 Å². The molecule has 2 heterocycles. The van der Waals surface area contributed by atoms with Gasteiger partial charge in [0, 0.05) is 4.88 Å². The van der Waals surface area contributed by atoms with Crippen molar-refractivity contribution < 1.29 is 40.9 Å². The number of ether oxygens (including phenoxy) is 2. The standard InChI is InChI=1S/C24H16Cl2F6N2O5S/c1-10-18-20(36)33-22(37)34(8-17(35)23(27,28)29)21(18)40-19(10)12-3-5-15(16(7-12)39-24(30,31)32)38-9-11-2-4-13(25)14(26)6-11/h2-7,17,35H,8-9H2,1H3,(H,33,36,37)/t17-/m1/s1. The van der Waals surface area contributed by atoms with E-state index in [1.807, 2.05) is 4.98 Å². The van der Waals surface area contributed by atoms with Gasteiger partial charge in [-0.1, -0.05) is 29.3 Å². The van der Waals surface area contributed by atoms with E-state index >= 15 is 0 Å². The molecular formula is C24H16Cl2F6N2O5S. The first kappa shape index (κ1) is 29.8. The van der Waals surface area contributed by atoms with Crippen LogP contribution < -0.4 is 20.7 Å². The molecule has 4 rings (SSSR count). The first-order chi connectivity index (χ1) is 18.5. The number of alkyl halides is 6. The molecule has 1 atom stereocenters. The number of nitrogens with one attached hydrogen (secondary N) is 1. The highest BCUT2D eigenvalue weighted by Gasteiger charge is 2.39. The molecule has 2 aromatic carbocycles. The Morgan fingerprint density at radius 3 is 2.35 bits per heavy atom. The van der Waals surface area contributed by atoms with Crippen LogP contribution in [-0.4, -0.2) is 33.3 Å². The minimum absolute atomic E-state index is 0.0922. The Balaban J connectivity index is 1.78. The van der Waals surface area contributed by atoms with E-state index in [1.165, 1.54) is 31.2 Å². The van der Waals surface area contributed by atoms with Crippen molar-refractivity contribution in [3.8, 4) is 21.9 Å². The number of aliphatic hydroxyl groups is 1. The summed E-state index contributed by atoms with van der Waals surface area (Å²) in [6.45, 7) is 0.00583. The van der Waals surface area contributed by atoms with Crippen LogP contribution in [0.25, 0.3) is 20.7 Å². The predicted molar refractivity (Wildman–Crippen MR) is 136 cm³/mol. The second-order valence-corrected chi connectivity index (χ2v) is 10.2. The summed E-state index contributed by atoms with van der Waals surface area (Å²) in [6, 6.07) is 8.03. The van der Waals surface area contributed by atoms with Gasteiger partial charge in [0.05, 0.1) is 22.0 Å². The third-order valence-corrected chi connectivity index (χ3v) is 7.71. The number of H-pyrrole nitrogens is 1. The van der Waals surface area contributed by atoms with Gasteiger partial charge in [-0.3, -0.25) is 14.3 Å². The number of rotatable bonds is 7. The smallest absolute Gasteiger partial charge is 0.485 e. The van der Waals surface area contributed by atoms with E-state index in [0.29, 0.717) is 21.5 Å². The minimum Gasteiger partial charge on any atom is -0.485 e. The zero-order chi connectivity index (χ0) is 29.6. The van der Waals surface area contributed by atoms with E-state index in [4.69, 9.17) is 27.9 Å². The van der Waals surface area contributed by atoms with Gasteiger partial charge in [-0.25, -0.2) is 4.79 Å². The molecular weight excluding hydrogens is 613 g/mol. The molecule has 0 aliphatic heterocycles. The van der Waals surface area contributed by atoms with Gasteiger partial charge in [-0.2, -0.15) is 13.2 Å². The van der Waals surface area contributed by atoms with Gasteiger partial charge in [0.15, 0.2) is 17.6 Å². The zero-order valence-electron chi connectivity index (χ0n) is 19.9. The molecule has 0 aliphatic carbocycles. The van der Waals surface area contributed by atoms with Crippen LogP contribution in [0.1, 0.15) is 11.1 Å². The molecule has 0 amide bonds. The number of hydrogen-bond donors (Lipinski definition) is 2. The first-order valence-electron chi connectivity index (χ1n) is 11.0. The largest absolute Gasteiger partial charge is 0.573 e. The van der Waals surface area contributed by atoms with Gasteiger partial charge in [0.25, 0.3) is 5.56 Å². The van der Waals surface area contributed by atoms with Crippen LogP contribution in [0.15, 0.2) is 46.0 Å². The Labute approximate surface area is 234 Å². The molecule has 0 radical (unpaired) electrons. The fourth-order valence-electron chi connectivity index (χ4n) is 3.76. The average Bonchev–Trinajstić information content (AvgIpc) is 3.18. The number of thiophene rings is 1. The molecule has 0 saturated heterocycles. The van der Waals surface area contributed by atoms with Crippen LogP contribution in [-0.2, 0) is 13.2 Å². The highest BCUT2D eigenvalue weighted by molar-refractivity contribution is 7.22. The van der Waals surface area contributed by atoms with E-state index in [1.54, 1.807) is 6.07 Å². The molecule has 0 spiro atoms. The third kappa shape index (κ3) is 6.40. The summed E-state index contributed by atoms with van der Waals surface area (Å²) in [5, 5.41) is 9.82. The summed E-state index contributed by atoms with van der Waals surface area (Å²) in [7, 11) is 0. The SMILES string of the molecule is Cc1c(-c2ccc(OCc3ccc(Cl)c(Cl)c3)c(OC(F)(F)F)c2)sc2c1c(=O)[nH]c(=O)n2C[C@@H](O)C(F)(F)F. The summed E-state index contributed by atoms with van der Waals surface area (Å²) in [5.41, 5.74) is -1.34. The number of halogens is 8.